The molecule has 0 atom stereocenters. The van der Waals surface area contributed by atoms with E-state index in [-0.39, 0.29) is 11.3 Å². The minimum Gasteiger partial charge on any atom is -0.507 e. The van der Waals surface area contributed by atoms with Gasteiger partial charge < -0.3 is 10.2 Å². The molecule has 4 heteroatoms. The maximum atomic E-state index is 11.0. The van der Waals surface area contributed by atoms with Gasteiger partial charge in [-0.25, -0.2) is 4.79 Å². The van der Waals surface area contributed by atoms with E-state index < -0.39 is 11.8 Å². The van der Waals surface area contributed by atoms with E-state index in [1.54, 1.807) is 12.1 Å². The Kier molecular flexibility index (Phi) is 3.23. The molecule has 0 spiro atoms. The molecule has 0 aromatic heterocycles. The summed E-state index contributed by atoms with van der Waals surface area (Å²) >= 11 is 0. The van der Waals surface area contributed by atoms with Crippen LogP contribution >= 0.6 is 0 Å². The zero-order valence-corrected chi connectivity index (χ0v) is 8.10. The number of aliphatic carboxylic acids is 1. The topological polar surface area (TPSA) is 74.6 Å². The second-order valence-electron chi connectivity index (χ2n) is 2.98. The van der Waals surface area contributed by atoms with Crippen molar-refractivity contribution in [1.82, 2.24) is 0 Å². The van der Waals surface area contributed by atoms with Crippen molar-refractivity contribution < 1.29 is 19.8 Å². The number of benzene rings is 1. The molecule has 1 aromatic carbocycles. The molecule has 78 valence electrons. The molecular formula is C11H10O4. The first kappa shape index (κ1) is 11.0. The summed E-state index contributed by atoms with van der Waals surface area (Å²) in [6.07, 6.45) is 1.15. The molecule has 1 aromatic rings. The van der Waals surface area contributed by atoms with E-state index in [1.165, 1.54) is 19.1 Å². The minimum atomic E-state index is -1.30. The third-order valence-electron chi connectivity index (χ3n) is 1.85. The molecule has 0 bridgehead atoms. The largest absolute Gasteiger partial charge is 0.507 e. The second-order valence-corrected chi connectivity index (χ2v) is 2.98. The zero-order valence-electron chi connectivity index (χ0n) is 8.10. The summed E-state index contributed by atoms with van der Waals surface area (Å²) in [7, 11) is 0. The average molecular weight is 206 g/mol. The van der Waals surface area contributed by atoms with Gasteiger partial charge in [0.2, 0.25) is 0 Å². The Bertz CT molecular complexity index is 416. The lowest BCUT2D eigenvalue weighted by molar-refractivity contribution is -0.134. The molecule has 0 saturated heterocycles. The van der Waals surface area contributed by atoms with Crippen molar-refractivity contribution in [3.05, 3.63) is 35.4 Å². The number of phenolic OH excluding ortho intramolecular Hbond substituents is 1. The number of hydrogen-bond donors (Lipinski definition) is 2. The van der Waals surface area contributed by atoms with Crippen molar-refractivity contribution in [3.8, 4) is 5.75 Å². The third-order valence-corrected chi connectivity index (χ3v) is 1.85. The van der Waals surface area contributed by atoms with Crippen LogP contribution in [0.2, 0.25) is 0 Å². The van der Waals surface area contributed by atoms with Crippen molar-refractivity contribution in [2.45, 2.75) is 6.92 Å². The number of carboxylic acid groups (broad SMARTS) is 1. The van der Waals surface area contributed by atoms with Crippen LogP contribution in [0.5, 0.6) is 5.75 Å². The molecule has 0 amide bonds. The Labute approximate surface area is 86.5 Å². The Morgan fingerprint density at radius 1 is 1.27 bits per heavy atom. The van der Waals surface area contributed by atoms with E-state index in [1.807, 2.05) is 0 Å². The van der Waals surface area contributed by atoms with Crippen LogP contribution < -0.4 is 0 Å². The second kappa shape index (κ2) is 4.41. The molecule has 0 radical (unpaired) electrons. The van der Waals surface area contributed by atoms with Gasteiger partial charge in [0.1, 0.15) is 11.3 Å². The highest BCUT2D eigenvalue weighted by Crippen LogP contribution is 2.19. The molecular weight excluding hydrogens is 196 g/mol. The van der Waals surface area contributed by atoms with E-state index in [2.05, 4.69) is 0 Å². The van der Waals surface area contributed by atoms with Crippen LogP contribution in [0, 0.1) is 0 Å². The Hall–Kier alpha value is -2.10. The van der Waals surface area contributed by atoms with Crippen LogP contribution in [-0.4, -0.2) is 22.0 Å². The standard InChI is InChI=1S/C11H10O4/c1-7(12)9(11(14)15)6-8-4-2-3-5-10(8)13/h2-6,13H,1H3,(H,14,15)/b9-6+. The Morgan fingerprint density at radius 2 is 1.87 bits per heavy atom. The normalized spacial score (nSPS) is 11.1. The van der Waals surface area contributed by atoms with Crippen LogP contribution in [0.15, 0.2) is 29.8 Å². The molecule has 15 heavy (non-hydrogen) atoms. The van der Waals surface area contributed by atoms with Gasteiger partial charge in [-0.15, -0.1) is 0 Å². The summed E-state index contributed by atoms with van der Waals surface area (Å²) in [5.74, 6) is -1.91. The first-order chi connectivity index (χ1) is 7.02. The van der Waals surface area contributed by atoms with Crippen molar-refractivity contribution >= 4 is 17.8 Å². The lowest BCUT2D eigenvalue weighted by atomic mass is 10.1. The quantitative estimate of drug-likeness (QED) is 0.446. The fraction of sp³-hybridized carbons (Fsp3) is 0.0909. The Morgan fingerprint density at radius 3 is 2.33 bits per heavy atom. The van der Waals surface area contributed by atoms with Gasteiger partial charge in [0, 0.05) is 5.56 Å². The van der Waals surface area contributed by atoms with Gasteiger partial charge >= 0.3 is 5.97 Å². The molecule has 0 aliphatic heterocycles. The SMILES string of the molecule is CC(=O)/C(=C\c1ccccc1O)C(=O)O. The van der Waals surface area contributed by atoms with E-state index >= 15 is 0 Å². The molecule has 0 heterocycles. The number of hydrogen-bond acceptors (Lipinski definition) is 3. The zero-order chi connectivity index (χ0) is 11.4. The molecule has 0 aliphatic carbocycles. The highest BCUT2D eigenvalue weighted by Gasteiger charge is 2.13. The van der Waals surface area contributed by atoms with Crippen LogP contribution in [0.3, 0.4) is 0 Å². The summed E-state index contributed by atoms with van der Waals surface area (Å²) in [6, 6.07) is 6.21. The minimum absolute atomic E-state index is 0.0579. The molecule has 0 unspecified atom stereocenters. The van der Waals surface area contributed by atoms with Gasteiger partial charge in [-0.3, -0.25) is 4.79 Å². The van der Waals surface area contributed by atoms with Crippen molar-refractivity contribution in [2.24, 2.45) is 0 Å². The molecule has 2 N–H and O–H groups in total. The van der Waals surface area contributed by atoms with Gasteiger partial charge in [0.15, 0.2) is 5.78 Å². The monoisotopic (exact) mass is 206 g/mol. The van der Waals surface area contributed by atoms with Gasteiger partial charge in [0.25, 0.3) is 0 Å². The van der Waals surface area contributed by atoms with E-state index in [9.17, 15) is 14.7 Å². The van der Waals surface area contributed by atoms with Gasteiger partial charge in [0.05, 0.1) is 0 Å². The number of carbonyl (C=O) groups is 2. The highest BCUT2D eigenvalue weighted by molar-refractivity contribution is 6.19. The van der Waals surface area contributed by atoms with E-state index in [0.717, 1.165) is 6.08 Å². The fourth-order valence-corrected chi connectivity index (χ4v) is 1.08. The number of rotatable bonds is 3. The van der Waals surface area contributed by atoms with Gasteiger partial charge in [-0.1, -0.05) is 18.2 Å². The smallest absolute Gasteiger partial charge is 0.339 e. The number of phenols is 1. The van der Waals surface area contributed by atoms with Crippen LogP contribution in [0.1, 0.15) is 12.5 Å². The maximum absolute atomic E-state index is 11.0. The maximum Gasteiger partial charge on any atom is 0.339 e. The van der Waals surface area contributed by atoms with Crippen molar-refractivity contribution in [2.75, 3.05) is 0 Å². The molecule has 0 fully saturated rings. The number of carboxylic acids is 1. The van der Waals surface area contributed by atoms with Crippen LogP contribution in [0.25, 0.3) is 6.08 Å². The van der Waals surface area contributed by atoms with Crippen molar-refractivity contribution in [3.63, 3.8) is 0 Å². The summed E-state index contributed by atoms with van der Waals surface area (Å²) < 4.78 is 0. The van der Waals surface area contributed by atoms with E-state index in [0.29, 0.717) is 5.56 Å². The van der Waals surface area contributed by atoms with E-state index in [4.69, 9.17) is 5.11 Å². The summed E-state index contributed by atoms with van der Waals surface area (Å²) in [4.78, 5) is 21.7. The summed E-state index contributed by atoms with van der Waals surface area (Å²) in [5.41, 5.74) is -0.0402. The van der Waals surface area contributed by atoms with Gasteiger partial charge in [-0.2, -0.15) is 0 Å². The molecule has 0 aliphatic rings. The van der Waals surface area contributed by atoms with Crippen molar-refractivity contribution in [1.29, 1.82) is 0 Å². The van der Waals surface area contributed by atoms with Gasteiger partial charge in [-0.05, 0) is 19.1 Å². The lowest BCUT2D eigenvalue weighted by Crippen LogP contribution is -2.08. The summed E-state index contributed by atoms with van der Waals surface area (Å²) in [5, 5.41) is 18.1. The fourth-order valence-electron chi connectivity index (χ4n) is 1.08. The molecule has 1 rings (SSSR count). The number of ketones is 1. The highest BCUT2D eigenvalue weighted by atomic mass is 16.4. The number of para-hydroxylation sites is 1. The Balaban J connectivity index is 3.19. The van der Waals surface area contributed by atoms with Crippen LogP contribution in [0.4, 0.5) is 0 Å². The van der Waals surface area contributed by atoms with Crippen LogP contribution in [-0.2, 0) is 9.59 Å². The predicted octanol–water partition coefficient (Wildman–Crippen LogP) is 1.45. The number of Topliss-reactive ketones (excluding diaryl/α,β-unsaturated/α-hetero) is 1. The lowest BCUT2D eigenvalue weighted by Gasteiger charge is -2.00. The summed E-state index contributed by atoms with van der Waals surface area (Å²) in [6.45, 7) is 1.17. The predicted molar refractivity (Wildman–Crippen MR) is 54.4 cm³/mol. The first-order valence-corrected chi connectivity index (χ1v) is 4.26. The molecule has 4 nitrogen and oxygen atoms in total. The number of carbonyl (C=O) groups excluding carboxylic acids is 1. The molecule has 0 saturated carbocycles. The number of aromatic hydroxyl groups is 1. The first-order valence-electron chi connectivity index (χ1n) is 4.26. The average Bonchev–Trinajstić information content (AvgIpc) is 2.15. The third kappa shape index (κ3) is 2.67.